The van der Waals surface area contributed by atoms with E-state index in [1.807, 2.05) is 24.8 Å². The van der Waals surface area contributed by atoms with Gasteiger partial charge in [-0.1, -0.05) is 36.4 Å². The monoisotopic (exact) mass is 396 g/mol. The van der Waals surface area contributed by atoms with Crippen LogP contribution in [0.1, 0.15) is 22.4 Å². The van der Waals surface area contributed by atoms with Gasteiger partial charge in [-0.05, 0) is 46.4 Å². The van der Waals surface area contributed by atoms with Crippen LogP contribution >= 0.6 is 0 Å². The molecule has 2 aliphatic rings. The Bertz CT molecular complexity index is 1740. The normalized spacial score (nSPS) is 13.5. The molecular weight excluding hydrogens is 380 g/mol. The van der Waals surface area contributed by atoms with Gasteiger partial charge in [0.2, 0.25) is 0 Å². The maximum Gasteiger partial charge on any atom is 0.146 e. The molecule has 144 valence electrons. The van der Waals surface area contributed by atoms with E-state index in [9.17, 15) is 0 Å². The Labute approximate surface area is 177 Å². The minimum Gasteiger partial charge on any atom is -0.291 e. The smallest absolute Gasteiger partial charge is 0.146 e. The summed E-state index contributed by atoms with van der Waals surface area (Å²) in [6, 6.07) is 17.6. The first-order valence-electron chi connectivity index (χ1n) is 10.6. The van der Waals surface area contributed by atoms with Crippen LogP contribution in [-0.4, -0.2) is 19.4 Å². The predicted molar refractivity (Wildman–Crippen MR) is 122 cm³/mol. The molecule has 0 amide bonds. The number of nitrogens with zero attached hydrogens (tertiary/aromatic N) is 4. The summed E-state index contributed by atoms with van der Waals surface area (Å²) in [6.07, 6.45) is 9.48. The average Bonchev–Trinajstić information content (AvgIpc) is 3.48. The van der Waals surface area contributed by atoms with Crippen molar-refractivity contribution < 1.29 is 0 Å². The molecule has 4 nitrogen and oxygen atoms in total. The van der Waals surface area contributed by atoms with Gasteiger partial charge in [-0.15, -0.1) is 0 Å². The van der Waals surface area contributed by atoms with Gasteiger partial charge in [0.05, 0.1) is 16.9 Å². The molecule has 0 atom stereocenters. The Morgan fingerprint density at radius 1 is 0.710 bits per heavy atom. The summed E-state index contributed by atoms with van der Waals surface area (Å²) >= 11 is 0. The van der Waals surface area contributed by atoms with E-state index in [1.54, 1.807) is 0 Å². The summed E-state index contributed by atoms with van der Waals surface area (Å²) in [7, 11) is 0. The Hall–Kier alpha value is -4.05. The molecule has 0 N–H and O–H groups in total. The second-order valence-electron chi connectivity index (χ2n) is 8.52. The molecule has 4 heterocycles. The van der Waals surface area contributed by atoms with E-state index in [-0.39, 0.29) is 0 Å². The van der Waals surface area contributed by atoms with E-state index in [0.717, 1.165) is 40.2 Å². The predicted octanol–water partition coefficient (Wildman–Crippen LogP) is 5.57. The molecule has 4 heteroatoms. The number of benzene rings is 2. The molecule has 31 heavy (non-hydrogen) atoms. The van der Waals surface area contributed by atoms with Crippen molar-refractivity contribution >= 4 is 27.3 Å². The van der Waals surface area contributed by atoms with Crippen molar-refractivity contribution in [3.63, 3.8) is 0 Å². The van der Waals surface area contributed by atoms with Crippen LogP contribution < -0.4 is 0 Å². The molecular formula is C27H16N4. The SMILES string of the molecule is c1ccc2c(c1)Cc1c-2ccc2c1-c1c(nc3c4ccncc4c4cnccc4n13)C2. The Balaban J connectivity index is 1.55. The Morgan fingerprint density at radius 2 is 1.58 bits per heavy atom. The van der Waals surface area contributed by atoms with Crippen LogP contribution in [0.25, 0.3) is 49.7 Å². The first-order valence-corrected chi connectivity index (χ1v) is 10.6. The molecule has 0 spiro atoms. The second kappa shape index (κ2) is 5.35. The van der Waals surface area contributed by atoms with Crippen LogP contribution in [0.2, 0.25) is 0 Å². The summed E-state index contributed by atoms with van der Waals surface area (Å²) in [5.74, 6) is 0. The maximum atomic E-state index is 5.18. The van der Waals surface area contributed by atoms with Crippen molar-refractivity contribution in [2.75, 3.05) is 0 Å². The third kappa shape index (κ3) is 1.84. The summed E-state index contributed by atoms with van der Waals surface area (Å²) in [6.45, 7) is 0. The lowest BCUT2D eigenvalue weighted by Gasteiger charge is -2.13. The molecule has 2 aromatic carbocycles. The third-order valence-corrected chi connectivity index (χ3v) is 7.01. The van der Waals surface area contributed by atoms with Crippen LogP contribution in [0, 0.1) is 0 Å². The fraction of sp³-hybridized carbons (Fsp3) is 0.0741. The lowest BCUT2D eigenvalue weighted by molar-refractivity contribution is 1.16. The average molecular weight is 396 g/mol. The van der Waals surface area contributed by atoms with Gasteiger partial charge in [-0.25, -0.2) is 4.98 Å². The lowest BCUT2D eigenvalue weighted by atomic mass is 9.97. The van der Waals surface area contributed by atoms with Gasteiger partial charge in [0.1, 0.15) is 5.65 Å². The molecule has 6 aromatic rings. The van der Waals surface area contributed by atoms with Crippen molar-refractivity contribution in [3.05, 3.63) is 95.7 Å². The summed E-state index contributed by atoms with van der Waals surface area (Å²) < 4.78 is 2.36. The number of hydrogen-bond acceptors (Lipinski definition) is 3. The molecule has 0 unspecified atom stereocenters. The minimum absolute atomic E-state index is 0.884. The van der Waals surface area contributed by atoms with E-state index in [2.05, 4.69) is 62.9 Å². The van der Waals surface area contributed by atoms with Gasteiger partial charge in [0.25, 0.3) is 0 Å². The van der Waals surface area contributed by atoms with Gasteiger partial charge < -0.3 is 0 Å². The highest BCUT2D eigenvalue weighted by Crippen LogP contribution is 2.48. The molecule has 4 aromatic heterocycles. The van der Waals surface area contributed by atoms with Gasteiger partial charge in [-0.2, -0.15) is 0 Å². The van der Waals surface area contributed by atoms with Crippen molar-refractivity contribution in [2.24, 2.45) is 0 Å². The Kier molecular flexibility index (Phi) is 2.72. The number of imidazole rings is 1. The second-order valence-corrected chi connectivity index (χ2v) is 8.52. The fourth-order valence-corrected chi connectivity index (χ4v) is 5.74. The molecule has 0 saturated heterocycles. The zero-order chi connectivity index (χ0) is 20.1. The third-order valence-electron chi connectivity index (χ3n) is 7.01. The molecule has 8 rings (SSSR count). The first-order chi connectivity index (χ1) is 15.4. The van der Waals surface area contributed by atoms with Crippen LogP contribution in [0.15, 0.2) is 73.3 Å². The van der Waals surface area contributed by atoms with Crippen LogP contribution in [0.3, 0.4) is 0 Å². The van der Waals surface area contributed by atoms with Crippen molar-refractivity contribution in [2.45, 2.75) is 12.8 Å². The number of fused-ring (bicyclic) bond motifs is 14. The Morgan fingerprint density at radius 3 is 2.55 bits per heavy atom. The summed E-state index contributed by atoms with van der Waals surface area (Å²) in [4.78, 5) is 14.0. The first kappa shape index (κ1) is 15.7. The van der Waals surface area contributed by atoms with E-state index >= 15 is 0 Å². The molecule has 0 fully saturated rings. The highest BCUT2D eigenvalue weighted by atomic mass is 15.0. The van der Waals surface area contributed by atoms with Crippen LogP contribution in [0.4, 0.5) is 0 Å². The van der Waals surface area contributed by atoms with E-state index in [1.165, 1.54) is 44.8 Å². The maximum absolute atomic E-state index is 5.18. The standard InChI is InChI=1S/C27H16N4/c1-2-4-17-15(3-1)11-20-18(17)6-5-16-12-23-26(25(16)20)31-24-8-10-29-14-22(24)21-13-28-9-7-19(21)27(31)30-23/h1-10,13-14H,11-12H2. The highest BCUT2D eigenvalue weighted by molar-refractivity contribution is 6.12. The van der Waals surface area contributed by atoms with Crippen molar-refractivity contribution in [3.8, 4) is 22.4 Å². The van der Waals surface area contributed by atoms with Gasteiger partial charge >= 0.3 is 0 Å². The lowest BCUT2D eigenvalue weighted by Crippen LogP contribution is -1.97. The van der Waals surface area contributed by atoms with Crippen molar-refractivity contribution in [1.29, 1.82) is 0 Å². The van der Waals surface area contributed by atoms with E-state index < -0.39 is 0 Å². The van der Waals surface area contributed by atoms with Gasteiger partial charge in [-0.3, -0.25) is 14.4 Å². The zero-order valence-corrected chi connectivity index (χ0v) is 16.6. The topological polar surface area (TPSA) is 43.1 Å². The van der Waals surface area contributed by atoms with E-state index in [4.69, 9.17) is 4.98 Å². The van der Waals surface area contributed by atoms with Crippen LogP contribution in [-0.2, 0) is 12.8 Å². The largest absolute Gasteiger partial charge is 0.291 e. The zero-order valence-electron chi connectivity index (χ0n) is 16.6. The summed E-state index contributed by atoms with van der Waals surface area (Å²) in [5.41, 5.74) is 12.9. The molecule has 0 radical (unpaired) electrons. The minimum atomic E-state index is 0.884. The van der Waals surface area contributed by atoms with Crippen molar-refractivity contribution in [1.82, 2.24) is 19.4 Å². The quantitative estimate of drug-likeness (QED) is 0.315. The molecule has 0 aliphatic heterocycles. The van der Waals surface area contributed by atoms with Gasteiger partial charge in [0.15, 0.2) is 0 Å². The molecule has 0 saturated carbocycles. The number of aromatic nitrogens is 4. The van der Waals surface area contributed by atoms with Gasteiger partial charge in [0, 0.05) is 52.9 Å². The molecule has 2 aliphatic carbocycles. The van der Waals surface area contributed by atoms with E-state index in [0.29, 0.717) is 0 Å². The highest BCUT2D eigenvalue weighted by Gasteiger charge is 2.32. The molecule has 0 bridgehead atoms. The number of pyridine rings is 3. The number of hydrogen-bond donors (Lipinski definition) is 0. The number of rotatable bonds is 0. The summed E-state index contributed by atoms with van der Waals surface area (Å²) in [5, 5.41) is 3.35. The fourth-order valence-electron chi connectivity index (χ4n) is 5.74. The van der Waals surface area contributed by atoms with Crippen LogP contribution in [0.5, 0.6) is 0 Å².